The molecule has 124 valence electrons. The number of nitrogens with zero attached hydrogens (tertiary/aromatic N) is 2. The molecule has 1 fully saturated rings. The number of carbonyl (C=O) groups is 1. The van der Waals surface area contributed by atoms with E-state index in [2.05, 4.69) is 4.98 Å². The minimum Gasteiger partial charge on any atom is -0.330 e. The Bertz CT molecular complexity index is 677. The number of hydrogen-bond donors (Lipinski definition) is 1. The molecule has 1 aliphatic heterocycles. The first kappa shape index (κ1) is 18.2. The van der Waals surface area contributed by atoms with Crippen LogP contribution in [0.5, 0.6) is 0 Å². The number of halogens is 2. The summed E-state index contributed by atoms with van der Waals surface area (Å²) in [6.45, 7) is 1.30. The molecule has 0 radical (unpaired) electrons. The van der Waals surface area contributed by atoms with E-state index in [1.165, 1.54) is 11.3 Å². The van der Waals surface area contributed by atoms with Gasteiger partial charge < -0.3 is 10.6 Å². The van der Waals surface area contributed by atoms with Crippen LogP contribution in [0.4, 0.5) is 0 Å². The van der Waals surface area contributed by atoms with E-state index in [0.717, 1.165) is 30.0 Å². The lowest BCUT2D eigenvalue weighted by Gasteiger charge is -2.25. The predicted molar refractivity (Wildman–Crippen MR) is 96.6 cm³/mol. The number of carbonyl (C=O) groups excluding carboxylic acids is 1. The van der Waals surface area contributed by atoms with Crippen molar-refractivity contribution < 1.29 is 4.79 Å². The summed E-state index contributed by atoms with van der Waals surface area (Å²) in [5, 5.41) is 3.46. The Hall–Kier alpha value is -1.14. The summed E-state index contributed by atoms with van der Waals surface area (Å²) in [4.78, 5) is 19.1. The predicted octanol–water partition coefficient (Wildman–Crippen LogP) is 3.70. The molecule has 1 saturated heterocycles. The van der Waals surface area contributed by atoms with E-state index in [0.29, 0.717) is 23.7 Å². The van der Waals surface area contributed by atoms with Gasteiger partial charge in [0.05, 0.1) is 11.0 Å². The van der Waals surface area contributed by atoms with Gasteiger partial charge in [-0.15, -0.1) is 23.7 Å². The van der Waals surface area contributed by atoms with Crippen molar-refractivity contribution in [2.45, 2.75) is 25.3 Å². The quantitative estimate of drug-likeness (QED) is 0.890. The molecule has 2 aromatic rings. The molecule has 0 spiro atoms. The Labute approximate surface area is 151 Å². The minimum atomic E-state index is -0.0121. The van der Waals surface area contributed by atoms with Gasteiger partial charge in [-0.1, -0.05) is 29.8 Å². The summed E-state index contributed by atoms with van der Waals surface area (Å²) in [7, 11) is 0. The van der Waals surface area contributed by atoms with Gasteiger partial charge in [0.2, 0.25) is 0 Å². The molecule has 1 aromatic carbocycles. The first-order chi connectivity index (χ1) is 10.7. The van der Waals surface area contributed by atoms with Gasteiger partial charge in [-0.3, -0.25) is 4.79 Å². The van der Waals surface area contributed by atoms with E-state index in [1.54, 1.807) is 0 Å². The number of benzene rings is 1. The van der Waals surface area contributed by atoms with Gasteiger partial charge in [-0.25, -0.2) is 4.98 Å². The van der Waals surface area contributed by atoms with Crippen LogP contribution >= 0.6 is 35.3 Å². The van der Waals surface area contributed by atoms with Gasteiger partial charge in [-0.05, 0) is 31.0 Å². The molecule has 1 aromatic heterocycles. The van der Waals surface area contributed by atoms with Crippen LogP contribution in [0.1, 0.15) is 39.9 Å². The number of rotatable bonds is 4. The number of aromatic nitrogens is 1. The second-order valence-electron chi connectivity index (χ2n) is 5.34. The topological polar surface area (TPSA) is 59.2 Å². The summed E-state index contributed by atoms with van der Waals surface area (Å²) in [6.07, 6.45) is 2.64. The lowest BCUT2D eigenvalue weighted by Crippen LogP contribution is -2.31. The maximum Gasteiger partial charge on any atom is 0.273 e. The van der Waals surface area contributed by atoms with E-state index in [4.69, 9.17) is 17.3 Å². The molecule has 2 N–H and O–H groups in total. The van der Waals surface area contributed by atoms with E-state index < -0.39 is 0 Å². The molecule has 0 aliphatic carbocycles. The lowest BCUT2D eigenvalue weighted by atomic mass is 10.0. The zero-order chi connectivity index (χ0) is 15.5. The van der Waals surface area contributed by atoms with Gasteiger partial charge in [0.15, 0.2) is 0 Å². The van der Waals surface area contributed by atoms with Gasteiger partial charge in [0, 0.05) is 23.4 Å². The van der Waals surface area contributed by atoms with Crippen molar-refractivity contribution in [2.24, 2.45) is 5.73 Å². The summed E-state index contributed by atoms with van der Waals surface area (Å²) >= 11 is 7.80. The largest absolute Gasteiger partial charge is 0.330 e. The highest BCUT2D eigenvalue weighted by molar-refractivity contribution is 7.09. The third-order valence-electron chi connectivity index (χ3n) is 3.91. The molecular formula is C16H19Cl2N3OS. The van der Waals surface area contributed by atoms with Crippen LogP contribution in [0.15, 0.2) is 29.6 Å². The average molecular weight is 372 g/mol. The fourth-order valence-corrected chi connectivity index (χ4v) is 3.92. The smallest absolute Gasteiger partial charge is 0.273 e. The van der Waals surface area contributed by atoms with Crippen LogP contribution in [0.25, 0.3) is 0 Å². The minimum absolute atomic E-state index is 0. The number of thiazole rings is 1. The zero-order valence-corrected chi connectivity index (χ0v) is 15.0. The van der Waals surface area contributed by atoms with Gasteiger partial charge in [0.25, 0.3) is 5.91 Å². The highest BCUT2D eigenvalue weighted by Crippen LogP contribution is 2.36. The molecule has 4 nitrogen and oxygen atoms in total. The summed E-state index contributed by atoms with van der Waals surface area (Å²) < 4.78 is 0. The van der Waals surface area contributed by atoms with Gasteiger partial charge in [-0.2, -0.15) is 0 Å². The molecule has 1 unspecified atom stereocenters. The standard InChI is InChI=1S/C16H18ClN3OS.ClH/c17-12-5-2-1-4-11(12)14-6-3-9-20(14)16(21)13-10-22-15(19-13)7-8-18;/h1-2,4-5,10,14H,3,6-9,18H2;1H. The van der Waals surface area contributed by atoms with Crippen molar-refractivity contribution in [3.8, 4) is 0 Å². The molecule has 1 aliphatic rings. The van der Waals surface area contributed by atoms with Crippen LogP contribution in [-0.2, 0) is 6.42 Å². The molecule has 1 atom stereocenters. The van der Waals surface area contributed by atoms with E-state index >= 15 is 0 Å². The van der Waals surface area contributed by atoms with Crippen LogP contribution in [0.3, 0.4) is 0 Å². The fraction of sp³-hybridized carbons (Fsp3) is 0.375. The molecule has 0 saturated carbocycles. The van der Waals surface area contributed by atoms with Crippen molar-refractivity contribution in [3.63, 3.8) is 0 Å². The van der Waals surface area contributed by atoms with Crippen molar-refractivity contribution >= 4 is 41.3 Å². The molecule has 23 heavy (non-hydrogen) atoms. The summed E-state index contributed by atoms with van der Waals surface area (Å²) in [6, 6.07) is 7.79. The van der Waals surface area contributed by atoms with Crippen molar-refractivity contribution in [1.82, 2.24) is 9.88 Å². The third-order valence-corrected chi connectivity index (χ3v) is 5.16. The van der Waals surface area contributed by atoms with Gasteiger partial charge >= 0.3 is 0 Å². The van der Waals surface area contributed by atoms with Crippen LogP contribution in [0, 0.1) is 0 Å². The molecule has 0 bridgehead atoms. The summed E-state index contributed by atoms with van der Waals surface area (Å²) in [5.41, 5.74) is 7.08. The number of hydrogen-bond acceptors (Lipinski definition) is 4. The Morgan fingerprint density at radius 2 is 2.22 bits per heavy atom. The first-order valence-electron chi connectivity index (χ1n) is 7.40. The molecular weight excluding hydrogens is 353 g/mol. The summed E-state index contributed by atoms with van der Waals surface area (Å²) in [5.74, 6) is -0.0121. The third kappa shape index (κ3) is 3.86. The Kier molecular flexibility index (Phi) is 6.41. The van der Waals surface area contributed by atoms with E-state index in [1.807, 2.05) is 34.5 Å². The number of likely N-dealkylation sites (tertiary alicyclic amines) is 1. The normalized spacial score (nSPS) is 17.1. The lowest BCUT2D eigenvalue weighted by molar-refractivity contribution is 0.0730. The Morgan fingerprint density at radius 3 is 2.96 bits per heavy atom. The van der Waals surface area contributed by atoms with Gasteiger partial charge in [0.1, 0.15) is 5.69 Å². The highest BCUT2D eigenvalue weighted by Gasteiger charge is 2.32. The monoisotopic (exact) mass is 371 g/mol. The Morgan fingerprint density at radius 1 is 1.43 bits per heavy atom. The first-order valence-corrected chi connectivity index (χ1v) is 8.66. The number of nitrogens with two attached hydrogens (primary N) is 1. The SMILES string of the molecule is Cl.NCCc1nc(C(=O)N2CCCC2c2ccccc2Cl)cs1. The number of amides is 1. The van der Waals surface area contributed by atoms with E-state index in [-0.39, 0.29) is 24.4 Å². The molecule has 2 heterocycles. The fourth-order valence-electron chi connectivity index (χ4n) is 2.87. The second kappa shape index (κ2) is 8.11. The van der Waals surface area contributed by atoms with Crippen molar-refractivity contribution in [3.05, 3.63) is 50.9 Å². The maximum atomic E-state index is 12.8. The molecule has 3 rings (SSSR count). The van der Waals surface area contributed by atoms with Crippen molar-refractivity contribution in [1.29, 1.82) is 0 Å². The maximum absolute atomic E-state index is 12.8. The molecule has 1 amide bonds. The highest BCUT2D eigenvalue weighted by atomic mass is 35.5. The van der Waals surface area contributed by atoms with Crippen LogP contribution in [0.2, 0.25) is 5.02 Å². The zero-order valence-electron chi connectivity index (χ0n) is 12.6. The Balaban J connectivity index is 0.00000192. The van der Waals surface area contributed by atoms with Crippen LogP contribution in [-0.4, -0.2) is 28.9 Å². The van der Waals surface area contributed by atoms with E-state index in [9.17, 15) is 4.79 Å². The second-order valence-corrected chi connectivity index (χ2v) is 6.69. The molecule has 7 heteroatoms. The average Bonchev–Trinajstić information content (AvgIpc) is 3.16. The van der Waals surface area contributed by atoms with Crippen molar-refractivity contribution in [2.75, 3.05) is 13.1 Å². The van der Waals surface area contributed by atoms with Crippen LogP contribution < -0.4 is 5.73 Å².